The van der Waals surface area contributed by atoms with Gasteiger partial charge in [0.15, 0.2) is 0 Å². The van der Waals surface area contributed by atoms with Crippen LogP contribution >= 0.6 is 23.4 Å². The first-order valence-corrected chi connectivity index (χ1v) is 7.72. The minimum atomic E-state index is -4.24. The molecule has 0 saturated heterocycles. The van der Waals surface area contributed by atoms with Gasteiger partial charge in [0.2, 0.25) is 0 Å². The molecule has 1 atom stereocenters. The van der Waals surface area contributed by atoms with Crippen LogP contribution in [0.25, 0.3) is 0 Å². The van der Waals surface area contributed by atoms with Crippen molar-refractivity contribution < 1.29 is 13.2 Å². The summed E-state index contributed by atoms with van der Waals surface area (Å²) in [5, 5.41) is 3.25. The van der Waals surface area contributed by atoms with E-state index in [9.17, 15) is 13.2 Å². The van der Waals surface area contributed by atoms with Gasteiger partial charge in [0.05, 0.1) is 0 Å². The predicted octanol–water partition coefficient (Wildman–Crippen LogP) is 4.69. The SMILES string of the molecule is CCC(CCN)Nc1ccc(SC(F)(F)F)cc1.CCl. The molecule has 1 aromatic rings. The van der Waals surface area contributed by atoms with Gasteiger partial charge in [0.1, 0.15) is 0 Å². The number of rotatable bonds is 6. The highest BCUT2D eigenvalue weighted by Crippen LogP contribution is 2.37. The molecule has 0 spiro atoms. The molecule has 2 nitrogen and oxygen atoms in total. The van der Waals surface area contributed by atoms with Gasteiger partial charge in [-0.3, -0.25) is 0 Å². The third kappa shape index (κ3) is 8.55. The molecule has 0 saturated carbocycles. The summed E-state index contributed by atoms with van der Waals surface area (Å²) in [4.78, 5) is 0.194. The van der Waals surface area contributed by atoms with E-state index in [2.05, 4.69) is 16.9 Å². The van der Waals surface area contributed by atoms with Crippen LogP contribution in [-0.2, 0) is 0 Å². The van der Waals surface area contributed by atoms with E-state index in [1.54, 1.807) is 12.1 Å². The number of nitrogens with two attached hydrogens (primary N) is 1. The molecule has 0 radical (unpaired) electrons. The van der Waals surface area contributed by atoms with E-state index in [0.29, 0.717) is 6.54 Å². The van der Waals surface area contributed by atoms with Gasteiger partial charge < -0.3 is 11.1 Å². The Morgan fingerprint density at radius 3 is 2.20 bits per heavy atom. The molecule has 0 aliphatic rings. The highest BCUT2D eigenvalue weighted by molar-refractivity contribution is 8.00. The van der Waals surface area contributed by atoms with Gasteiger partial charge in [-0.15, -0.1) is 11.6 Å². The topological polar surface area (TPSA) is 38.0 Å². The third-order valence-electron chi connectivity index (χ3n) is 2.47. The van der Waals surface area contributed by atoms with Crippen LogP contribution in [0.4, 0.5) is 18.9 Å². The van der Waals surface area contributed by atoms with Crippen LogP contribution in [0.2, 0.25) is 0 Å². The molecule has 116 valence electrons. The second-order valence-corrected chi connectivity index (χ2v) is 5.04. The molecular weight excluding hydrogens is 309 g/mol. The van der Waals surface area contributed by atoms with Crippen molar-refractivity contribution in [3.63, 3.8) is 0 Å². The largest absolute Gasteiger partial charge is 0.446 e. The first kappa shape index (κ1) is 19.4. The zero-order valence-corrected chi connectivity index (χ0v) is 13.1. The molecule has 0 amide bonds. The van der Waals surface area contributed by atoms with E-state index in [0.717, 1.165) is 18.5 Å². The van der Waals surface area contributed by atoms with Crippen molar-refractivity contribution in [1.29, 1.82) is 0 Å². The number of anilines is 1. The fourth-order valence-corrected chi connectivity index (χ4v) is 2.11. The first-order valence-electron chi connectivity index (χ1n) is 6.15. The van der Waals surface area contributed by atoms with Gasteiger partial charge in [0.25, 0.3) is 0 Å². The monoisotopic (exact) mass is 328 g/mol. The molecule has 0 fully saturated rings. The van der Waals surface area contributed by atoms with Crippen LogP contribution in [0.5, 0.6) is 0 Å². The number of thioether (sulfide) groups is 1. The summed E-state index contributed by atoms with van der Waals surface area (Å²) >= 11 is 4.54. The van der Waals surface area contributed by atoms with Crippen LogP contribution < -0.4 is 11.1 Å². The average molecular weight is 329 g/mol. The second-order valence-electron chi connectivity index (χ2n) is 3.90. The van der Waals surface area contributed by atoms with Crippen molar-refractivity contribution in [2.75, 3.05) is 18.2 Å². The maximum atomic E-state index is 12.1. The Bertz CT molecular complexity index is 358. The van der Waals surface area contributed by atoms with E-state index in [1.807, 2.05) is 6.92 Å². The lowest BCUT2D eigenvalue weighted by atomic mass is 10.1. The number of nitrogens with one attached hydrogen (secondary N) is 1. The molecule has 1 aromatic carbocycles. The molecule has 1 rings (SSSR count). The fraction of sp³-hybridized carbons (Fsp3) is 0.538. The lowest BCUT2D eigenvalue weighted by molar-refractivity contribution is -0.0328. The standard InChI is InChI=1S/C12H17F3N2S.CH3Cl/c1-2-9(7-8-16)17-10-3-5-11(6-4-10)18-12(13,14)15;1-2/h3-6,9,17H,2,7-8,16H2,1H3;1H3. The Kier molecular flexibility index (Phi) is 9.88. The number of hydrogen-bond acceptors (Lipinski definition) is 3. The van der Waals surface area contributed by atoms with Crippen LogP contribution in [-0.4, -0.2) is 24.5 Å². The molecule has 0 bridgehead atoms. The zero-order valence-electron chi connectivity index (χ0n) is 11.5. The number of benzene rings is 1. The van der Waals surface area contributed by atoms with Gasteiger partial charge >= 0.3 is 5.51 Å². The van der Waals surface area contributed by atoms with Gasteiger partial charge in [-0.1, -0.05) is 6.92 Å². The zero-order chi connectivity index (χ0) is 15.6. The molecule has 3 N–H and O–H groups in total. The fourth-order valence-electron chi connectivity index (χ4n) is 1.57. The van der Waals surface area contributed by atoms with Crippen LogP contribution in [0, 0.1) is 0 Å². The molecule has 20 heavy (non-hydrogen) atoms. The maximum Gasteiger partial charge on any atom is 0.446 e. The Labute approximate surface area is 127 Å². The molecule has 7 heteroatoms. The minimum absolute atomic E-state index is 0.103. The van der Waals surface area contributed by atoms with Crippen molar-refractivity contribution >= 4 is 29.1 Å². The third-order valence-corrected chi connectivity index (χ3v) is 3.21. The van der Waals surface area contributed by atoms with Gasteiger partial charge in [-0.25, -0.2) is 0 Å². The molecule has 0 aliphatic heterocycles. The molecule has 0 aromatic heterocycles. The van der Waals surface area contributed by atoms with E-state index < -0.39 is 5.51 Å². The lowest BCUT2D eigenvalue weighted by Gasteiger charge is -2.17. The van der Waals surface area contributed by atoms with Crippen molar-refractivity contribution in [1.82, 2.24) is 0 Å². The summed E-state index contributed by atoms with van der Waals surface area (Å²) in [7, 11) is 0. The van der Waals surface area contributed by atoms with E-state index in [4.69, 9.17) is 5.73 Å². The highest BCUT2D eigenvalue weighted by Gasteiger charge is 2.28. The first-order chi connectivity index (χ1) is 9.44. The van der Waals surface area contributed by atoms with Gasteiger partial charge in [0, 0.05) is 23.0 Å². The van der Waals surface area contributed by atoms with Crippen LogP contribution in [0.1, 0.15) is 19.8 Å². The number of alkyl halides is 4. The Morgan fingerprint density at radius 1 is 1.25 bits per heavy atom. The highest BCUT2D eigenvalue weighted by atomic mass is 35.5. The Balaban J connectivity index is 0.00000172. The molecular formula is C13H20ClF3N2S. The van der Waals surface area contributed by atoms with E-state index in [1.165, 1.54) is 18.5 Å². The van der Waals surface area contributed by atoms with Gasteiger partial charge in [-0.05, 0) is 55.4 Å². The number of hydrogen-bond donors (Lipinski definition) is 2. The Hall–Kier alpha value is -0.590. The molecule has 1 unspecified atom stereocenters. The number of halogens is 4. The smallest absolute Gasteiger partial charge is 0.382 e. The van der Waals surface area contributed by atoms with E-state index in [-0.39, 0.29) is 22.7 Å². The van der Waals surface area contributed by atoms with Crippen LogP contribution in [0.3, 0.4) is 0 Å². The van der Waals surface area contributed by atoms with Crippen molar-refractivity contribution in [3.8, 4) is 0 Å². The summed E-state index contributed by atoms with van der Waals surface area (Å²) in [6.45, 7) is 2.63. The molecule has 0 heterocycles. The van der Waals surface area contributed by atoms with E-state index >= 15 is 0 Å². The lowest BCUT2D eigenvalue weighted by Crippen LogP contribution is -2.22. The van der Waals surface area contributed by atoms with Crippen molar-refractivity contribution in [2.45, 2.75) is 36.2 Å². The second kappa shape index (κ2) is 10.2. The summed E-state index contributed by atoms with van der Waals surface area (Å²) in [6.07, 6.45) is 3.24. The van der Waals surface area contributed by atoms with Crippen molar-refractivity contribution in [2.24, 2.45) is 5.73 Å². The summed E-state index contributed by atoms with van der Waals surface area (Å²) in [5.74, 6) is 0. The van der Waals surface area contributed by atoms with Crippen molar-refractivity contribution in [3.05, 3.63) is 24.3 Å². The summed E-state index contributed by atoms with van der Waals surface area (Å²) < 4.78 is 36.4. The van der Waals surface area contributed by atoms with Gasteiger partial charge in [-0.2, -0.15) is 13.2 Å². The normalized spacial score (nSPS) is 12.3. The quantitative estimate of drug-likeness (QED) is 0.587. The average Bonchev–Trinajstić information content (AvgIpc) is 2.41. The molecule has 0 aliphatic carbocycles. The maximum absolute atomic E-state index is 12.1. The van der Waals surface area contributed by atoms with Crippen LogP contribution in [0.15, 0.2) is 29.2 Å². The summed E-state index contributed by atoms with van der Waals surface area (Å²) in [5.41, 5.74) is 2.07. The minimum Gasteiger partial charge on any atom is -0.382 e. The predicted molar refractivity (Wildman–Crippen MR) is 81.5 cm³/mol. The Morgan fingerprint density at radius 2 is 1.80 bits per heavy atom. The summed E-state index contributed by atoms with van der Waals surface area (Å²) in [6, 6.07) is 6.52.